The van der Waals surface area contributed by atoms with Gasteiger partial charge in [-0.05, 0) is 43.4 Å². The van der Waals surface area contributed by atoms with Gasteiger partial charge in [-0.25, -0.2) is 9.97 Å². The molecule has 0 saturated heterocycles. The van der Waals surface area contributed by atoms with Gasteiger partial charge in [0.25, 0.3) is 0 Å². The molecule has 9 heteroatoms. The van der Waals surface area contributed by atoms with Crippen molar-refractivity contribution in [3.05, 3.63) is 30.9 Å². The van der Waals surface area contributed by atoms with Gasteiger partial charge in [0.2, 0.25) is 0 Å². The van der Waals surface area contributed by atoms with Crippen molar-refractivity contribution in [2.24, 2.45) is 5.92 Å². The maximum absolute atomic E-state index is 9.94. The summed E-state index contributed by atoms with van der Waals surface area (Å²) in [5, 5.41) is 25.0. The SMILES string of the molecule is C[Si](C)(C)CCOCn1ccc2c(-c3ccn(C(CC#N)[C@@H]4CC[C@H](O)C4)n3)ncnc21. The van der Waals surface area contributed by atoms with Crippen LogP contribution in [0, 0.1) is 17.2 Å². The van der Waals surface area contributed by atoms with Crippen molar-refractivity contribution in [3.63, 3.8) is 0 Å². The zero-order chi connectivity index (χ0) is 22.7. The summed E-state index contributed by atoms with van der Waals surface area (Å²) in [6, 6.07) is 7.34. The van der Waals surface area contributed by atoms with E-state index in [0.717, 1.165) is 54.3 Å². The van der Waals surface area contributed by atoms with E-state index in [4.69, 9.17) is 9.84 Å². The van der Waals surface area contributed by atoms with Crippen molar-refractivity contribution in [1.29, 1.82) is 5.26 Å². The van der Waals surface area contributed by atoms with Gasteiger partial charge in [-0.1, -0.05) is 19.6 Å². The number of aromatic nitrogens is 5. The Kier molecular flexibility index (Phi) is 6.74. The van der Waals surface area contributed by atoms with Crippen LogP contribution in [0.2, 0.25) is 25.7 Å². The highest BCUT2D eigenvalue weighted by molar-refractivity contribution is 6.76. The fraction of sp³-hybridized carbons (Fsp3) is 0.565. The number of rotatable bonds is 9. The van der Waals surface area contributed by atoms with Crippen LogP contribution in [-0.4, -0.2) is 50.2 Å². The van der Waals surface area contributed by atoms with Gasteiger partial charge in [-0.3, -0.25) is 4.68 Å². The molecule has 1 unspecified atom stereocenters. The molecule has 3 atom stereocenters. The van der Waals surface area contributed by atoms with Crippen LogP contribution in [0.4, 0.5) is 0 Å². The predicted octanol–water partition coefficient (Wildman–Crippen LogP) is 4.22. The summed E-state index contributed by atoms with van der Waals surface area (Å²) in [5.41, 5.74) is 2.36. The first-order valence-electron chi connectivity index (χ1n) is 11.3. The first-order valence-corrected chi connectivity index (χ1v) is 15.0. The Morgan fingerprint density at radius 3 is 2.81 bits per heavy atom. The zero-order valence-electron chi connectivity index (χ0n) is 19.1. The molecule has 1 aliphatic rings. The number of nitrogens with zero attached hydrogens (tertiary/aromatic N) is 6. The third-order valence-electron chi connectivity index (χ3n) is 6.26. The lowest BCUT2D eigenvalue weighted by Gasteiger charge is -2.21. The maximum Gasteiger partial charge on any atom is 0.145 e. The monoisotopic (exact) mass is 452 g/mol. The van der Waals surface area contributed by atoms with E-state index in [9.17, 15) is 10.4 Å². The fourth-order valence-corrected chi connectivity index (χ4v) is 5.17. The van der Waals surface area contributed by atoms with E-state index in [1.54, 1.807) is 6.33 Å². The van der Waals surface area contributed by atoms with Crippen molar-refractivity contribution < 1.29 is 9.84 Å². The van der Waals surface area contributed by atoms with Gasteiger partial charge >= 0.3 is 0 Å². The molecule has 0 aliphatic heterocycles. The highest BCUT2D eigenvalue weighted by Crippen LogP contribution is 2.36. The van der Waals surface area contributed by atoms with Crippen molar-refractivity contribution >= 4 is 19.1 Å². The van der Waals surface area contributed by atoms with Crippen molar-refractivity contribution in [2.45, 2.75) is 70.2 Å². The first-order chi connectivity index (χ1) is 15.4. The normalized spacial score (nSPS) is 20.0. The fourth-order valence-electron chi connectivity index (χ4n) is 4.41. The molecular formula is C23H32N6O2Si. The summed E-state index contributed by atoms with van der Waals surface area (Å²) in [6.45, 7) is 8.25. The van der Waals surface area contributed by atoms with Gasteiger partial charge in [0.15, 0.2) is 0 Å². The summed E-state index contributed by atoms with van der Waals surface area (Å²) in [5.74, 6) is 0.261. The highest BCUT2D eigenvalue weighted by Gasteiger charge is 2.31. The Bertz CT molecular complexity index is 1100. The predicted molar refractivity (Wildman–Crippen MR) is 125 cm³/mol. The summed E-state index contributed by atoms with van der Waals surface area (Å²) in [7, 11) is -1.12. The lowest BCUT2D eigenvalue weighted by molar-refractivity contribution is 0.0899. The Labute approximate surface area is 189 Å². The Morgan fingerprint density at radius 1 is 1.25 bits per heavy atom. The lowest BCUT2D eigenvalue weighted by atomic mass is 9.96. The maximum atomic E-state index is 9.94. The Morgan fingerprint density at radius 2 is 2.09 bits per heavy atom. The minimum absolute atomic E-state index is 0.0346. The summed E-state index contributed by atoms with van der Waals surface area (Å²) in [6.07, 6.45) is 8.00. The molecule has 1 saturated carbocycles. The van der Waals surface area contributed by atoms with Crippen LogP contribution in [0.15, 0.2) is 30.9 Å². The summed E-state index contributed by atoms with van der Waals surface area (Å²) in [4.78, 5) is 8.98. The summed E-state index contributed by atoms with van der Waals surface area (Å²) < 4.78 is 9.78. The molecule has 32 heavy (non-hydrogen) atoms. The zero-order valence-corrected chi connectivity index (χ0v) is 20.1. The second-order valence-electron chi connectivity index (χ2n) is 9.93. The number of fused-ring (bicyclic) bond motifs is 1. The molecule has 0 bridgehead atoms. The lowest BCUT2D eigenvalue weighted by Crippen LogP contribution is -2.22. The van der Waals surface area contributed by atoms with Crippen molar-refractivity contribution in [2.75, 3.05) is 6.61 Å². The van der Waals surface area contributed by atoms with Gasteiger partial charge in [-0.2, -0.15) is 10.4 Å². The molecule has 0 aromatic carbocycles. The minimum atomic E-state index is -1.12. The first kappa shape index (κ1) is 22.6. The van der Waals surface area contributed by atoms with Gasteiger partial charge in [0.1, 0.15) is 30.1 Å². The number of ether oxygens (including phenoxy) is 1. The average Bonchev–Trinajstić information content (AvgIpc) is 3.48. The van der Waals surface area contributed by atoms with Crippen LogP contribution < -0.4 is 0 Å². The Hall–Kier alpha value is -2.54. The van der Waals surface area contributed by atoms with Crippen molar-refractivity contribution in [3.8, 4) is 17.5 Å². The molecule has 3 aromatic heterocycles. The smallest absolute Gasteiger partial charge is 0.145 e. The largest absolute Gasteiger partial charge is 0.393 e. The van der Waals surface area contributed by atoms with E-state index >= 15 is 0 Å². The quantitative estimate of drug-likeness (QED) is 0.385. The van der Waals surface area contributed by atoms with Gasteiger partial charge in [-0.15, -0.1) is 0 Å². The van der Waals surface area contributed by atoms with Gasteiger partial charge in [0.05, 0.1) is 24.6 Å². The second-order valence-corrected chi connectivity index (χ2v) is 15.6. The van der Waals surface area contributed by atoms with E-state index in [0.29, 0.717) is 13.2 Å². The molecular weight excluding hydrogens is 420 g/mol. The van der Waals surface area contributed by atoms with Crippen LogP contribution in [0.3, 0.4) is 0 Å². The number of nitriles is 1. The molecule has 0 amide bonds. The molecule has 1 aliphatic carbocycles. The van der Waals surface area contributed by atoms with Crippen molar-refractivity contribution in [1.82, 2.24) is 24.3 Å². The molecule has 0 radical (unpaired) electrons. The van der Waals surface area contributed by atoms with E-state index in [2.05, 4.69) is 35.7 Å². The molecule has 0 spiro atoms. The number of hydrogen-bond acceptors (Lipinski definition) is 6. The van der Waals surface area contributed by atoms with E-state index in [1.165, 1.54) is 0 Å². The third-order valence-corrected chi connectivity index (χ3v) is 7.97. The van der Waals surface area contributed by atoms with Crippen LogP contribution in [0.25, 0.3) is 22.4 Å². The molecule has 3 heterocycles. The minimum Gasteiger partial charge on any atom is -0.393 e. The molecule has 4 rings (SSSR count). The van der Waals surface area contributed by atoms with Crippen LogP contribution in [-0.2, 0) is 11.5 Å². The van der Waals surface area contributed by atoms with E-state index in [-0.39, 0.29) is 18.1 Å². The van der Waals surface area contributed by atoms with E-state index in [1.807, 2.05) is 33.8 Å². The molecule has 3 aromatic rings. The van der Waals surface area contributed by atoms with E-state index < -0.39 is 8.07 Å². The summed E-state index contributed by atoms with van der Waals surface area (Å²) >= 11 is 0. The second kappa shape index (κ2) is 9.53. The van der Waals surface area contributed by atoms with Crippen LogP contribution in [0.5, 0.6) is 0 Å². The average molecular weight is 453 g/mol. The Balaban J connectivity index is 1.53. The molecule has 8 nitrogen and oxygen atoms in total. The number of aliphatic hydroxyl groups excluding tert-OH is 1. The standard InChI is InChI=1S/C23H32N6O2Si/c1-32(2,3)13-12-31-16-28-10-7-19-22(25-15-26-23(19)28)20-8-11-29(27-20)21(6-9-24)17-4-5-18(30)14-17/h7-8,10-11,15,17-18,21,30H,4-6,12-14,16H2,1-3H3/t17-,18+,21?/m1/s1. The molecule has 1 N–H and O–H groups in total. The number of hydrogen-bond donors (Lipinski definition) is 1. The third kappa shape index (κ3) is 5.09. The molecule has 170 valence electrons. The van der Waals surface area contributed by atoms with Gasteiger partial charge < -0.3 is 14.4 Å². The highest BCUT2D eigenvalue weighted by atomic mass is 28.3. The van der Waals surface area contributed by atoms with Crippen LogP contribution in [0.1, 0.15) is 31.7 Å². The molecule has 1 fully saturated rings. The van der Waals surface area contributed by atoms with Crippen LogP contribution >= 0.6 is 0 Å². The van der Waals surface area contributed by atoms with Gasteiger partial charge in [0, 0.05) is 32.5 Å². The number of aliphatic hydroxyl groups is 1. The topological polar surface area (TPSA) is 102 Å².